The monoisotopic (exact) mass is 178 g/mol. The summed E-state index contributed by atoms with van der Waals surface area (Å²) in [4.78, 5) is 5.36. The lowest BCUT2D eigenvalue weighted by atomic mass is 9.79. The lowest BCUT2D eigenvalue weighted by Gasteiger charge is -2.27. The molecule has 4 radical (unpaired) electrons. The van der Waals surface area contributed by atoms with Crippen LogP contribution in [0.5, 0.6) is 0 Å². The first-order valence-electron chi connectivity index (χ1n) is 3.89. The van der Waals surface area contributed by atoms with Crippen LogP contribution in [0, 0.1) is 19.3 Å². The minimum absolute atomic E-state index is 0.550. The van der Waals surface area contributed by atoms with E-state index in [1.54, 1.807) is 0 Å². The number of hydrogen-bond donors (Lipinski definition) is 1. The summed E-state index contributed by atoms with van der Waals surface area (Å²) in [5, 5.41) is 0.623. The first-order chi connectivity index (χ1) is 5.57. The first kappa shape index (κ1) is 8.05. The van der Waals surface area contributed by atoms with Gasteiger partial charge < -0.3 is 5.73 Å². The van der Waals surface area contributed by atoms with Gasteiger partial charge >= 0.3 is 0 Å². The Bertz CT molecular complexity index is 301. The van der Waals surface area contributed by atoms with Crippen molar-refractivity contribution in [2.75, 3.05) is 5.73 Å². The Morgan fingerprint density at radius 1 is 1.50 bits per heavy atom. The molecule has 0 aromatic carbocycles. The summed E-state index contributed by atoms with van der Waals surface area (Å²) in [5.41, 5.74) is 6.11. The van der Waals surface area contributed by atoms with Gasteiger partial charge in [0.15, 0.2) is 5.13 Å². The maximum Gasteiger partial charge on any atom is 0.180 e. The van der Waals surface area contributed by atoms with Crippen molar-refractivity contribution in [3.63, 3.8) is 0 Å². The molecule has 1 aromatic rings. The van der Waals surface area contributed by atoms with Crippen LogP contribution in [0.1, 0.15) is 17.0 Å². The van der Waals surface area contributed by atoms with E-state index in [0.717, 1.165) is 23.4 Å². The molecule has 1 aromatic heterocycles. The third kappa shape index (κ3) is 1.33. The number of nitrogen functional groups attached to an aromatic ring is 1. The zero-order valence-corrected chi connectivity index (χ0v) is 7.53. The van der Waals surface area contributed by atoms with Gasteiger partial charge in [-0.2, -0.15) is 0 Å². The fourth-order valence-electron chi connectivity index (χ4n) is 1.48. The van der Waals surface area contributed by atoms with Crippen molar-refractivity contribution in [2.24, 2.45) is 5.41 Å². The van der Waals surface area contributed by atoms with Crippen molar-refractivity contribution >= 4 is 16.5 Å². The predicted molar refractivity (Wildman–Crippen MR) is 49.6 cm³/mol. The second-order valence-corrected chi connectivity index (χ2v) is 4.45. The number of fused-ring (bicyclic) bond motifs is 1. The van der Waals surface area contributed by atoms with E-state index in [1.165, 1.54) is 11.3 Å². The van der Waals surface area contributed by atoms with Gasteiger partial charge in [-0.15, -0.1) is 11.3 Å². The van der Waals surface area contributed by atoms with Crippen LogP contribution in [0.3, 0.4) is 0 Å². The van der Waals surface area contributed by atoms with Gasteiger partial charge in [0, 0.05) is 4.88 Å². The number of anilines is 1. The van der Waals surface area contributed by atoms with Gasteiger partial charge in [0.2, 0.25) is 0 Å². The Labute approximate surface area is 76.8 Å². The molecule has 12 heavy (non-hydrogen) atoms. The highest BCUT2D eigenvalue weighted by Crippen LogP contribution is 2.37. The van der Waals surface area contributed by atoms with E-state index in [-0.39, 0.29) is 0 Å². The number of thiazole rings is 1. The zero-order chi connectivity index (χ0) is 8.77. The normalized spacial score (nSPS) is 20.5. The van der Waals surface area contributed by atoms with E-state index >= 15 is 0 Å². The summed E-state index contributed by atoms with van der Waals surface area (Å²) in [5.74, 6) is 0. The molecular formula is C9H10N2S. The average molecular weight is 178 g/mol. The number of nitrogens with zero attached hydrogens (tertiary/aromatic N) is 1. The SMILES string of the molecule is [CH]C1([CH])CCc2nc(N)sc2C1. The lowest BCUT2D eigenvalue weighted by Crippen LogP contribution is -2.21. The number of nitrogens with two attached hydrogens (primary N) is 1. The molecule has 1 aliphatic rings. The molecule has 0 saturated carbocycles. The molecule has 0 unspecified atom stereocenters. The van der Waals surface area contributed by atoms with E-state index < -0.39 is 5.41 Å². The van der Waals surface area contributed by atoms with Crippen LogP contribution in [0.2, 0.25) is 0 Å². The van der Waals surface area contributed by atoms with Crippen molar-refractivity contribution in [2.45, 2.75) is 19.3 Å². The predicted octanol–water partition coefficient (Wildman–Crippen LogP) is 1.62. The fraction of sp³-hybridized carbons (Fsp3) is 0.444. The average Bonchev–Trinajstić information content (AvgIpc) is 2.26. The van der Waals surface area contributed by atoms with Gasteiger partial charge in [-0.05, 0) is 38.5 Å². The minimum Gasteiger partial charge on any atom is -0.375 e. The first-order valence-corrected chi connectivity index (χ1v) is 4.70. The van der Waals surface area contributed by atoms with Crippen molar-refractivity contribution in [1.29, 1.82) is 0 Å². The second-order valence-electron chi connectivity index (χ2n) is 3.33. The number of aryl methyl sites for hydroxylation is 1. The highest BCUT2D eigenvalue weighted by molar-refractivity contribution is 7.15. The highest BCUT2D eigenvalue weighted by atomic mass is 32.1. The summed E-state index contributed by atoms with van der Waals surface area (Å²) >= 11 is 1.50. The number of hydrogen-bond acceptors (Lipinski definition) is 3. The maximum atomic E-state index is 5.82. The van der Waals surface area contributed by atoms with Crippen molar-refractivity contribution in [3.05, 3.63) is 24.4 Å². The van der Waals surface area contributed by atoms with Crippen LogP contribution in [0.15, 0.2) is 0 Å². The summed E-state index contributed by atoms with van der Waals surface area (Å²) in [7, 11) is 0. The number of rotatable bonds is 0. The van der Waals surface area contributed by atoms with E-state index in [4.69, 9.17) is 19.6 Å². The summed E-state index contributed by atoms with van der Waals surface area (Å²) < 4.78 is 0. The molecule has 2 rings (SSSR count). The van der Waals surface area contributed by atoms with Crippen molar-refractivity contribution < 1.29 is 0 Å². The summed E-state index contributed by atoms with van der Waals surface area (Å²) in [6.07, 6.45) is 2.36. The molecule has 0 saturated heterocycles. The van der Waals surface area contributed by atoms with Crippen LogP contribution in [0.25, 0.3) is 0 Å². The maximum absolute atomic E-state index is 5.82. The third-order valence-electron chi connectivity index (χ3n) is 2.11. The molecule has 0 fully saturated rings. The molecule has 0 atom stereocenters. The topological polar surface area (TPSA) is 38.9 Å². The molecule has 0 amide bonds. The van der Waals surface area contributed by atoms with E-state index in [2.05, 4.69) is 4.98 Å². The molecule has 0 spiro atoms. The summed E-state index contributed by atoms with van der Waals surface area (Å²) in [6, 6.07) is 0. The molecule has 0 aliphatic heterocycles. The largest absolute Gasteiger partial charge is 0.375 e. The molecule has 1 aliphatic carbocycles. The minimum atomic E-state index is -0.550. The molecular weight excluding hydrogens is 168 g/mol. The van der Waals surface area contributed by atoms with Crippen LogP contribution in [0.4, 0.5) is 5.13 Å². The molecule has 1 heterocycles. The Kier molecular flexibility index (Phi) is 1.65. The van der Waals surface area contributed by atoms with Crippen LogP contribution >= 0.6 is 11.3 Å². The lowest BCUT2D eigenvalue weighted by molar-refractivity contribution is 0.415. The fourth-order valence-corrected chi connectivity index (χ4v) is 2.49. The Hall–Kier alpha value is -0.570. The molecule has 0 bridgehead atoms. The molecule has 2 N–H and O–H groups in total. The highest BCUT2D eigenvalue weighted by Gasteiger charge is 2.28. The van der Waals surface area contributed by atoms with Crippen molar-refractivity contribution in [1.82, 2.24) is 4.98 Å². The Morgan fingerprint density at radius 3 is 3.00 bits per heavy atom. The van der Waals surface area contributed by atoms with Crippen molar-refractivity contribution in [3.8, 4) is 0 Å². The van der Waals surface area contributed by atoms with Gasteiger partial charge in [0.25, 0.3) is 0 Å². The van der Waals surface area contributed by atoms with Gasteiger partial charge in [0.1, 0.15) is 0 Å². The van der Waals surface area contributed by atoms with E-state index in [1.807, 2.05) is 0 Å². The van der Waals surface area contributed by atoms with E-state index in [0.29, 0.717) is 11.6 Å². The molecule has 3 heteroatoms. The second kappa shape index (κ2) is 2.46. The number of aromatic nitrogens is 1. The Morgan fingerprint density at radius 2 is 2.25 bits per heavy atom. The third-order valence-corrected chi connectivity index (χ3v) is 3.04. The van der Waals surface area contributed by atoms with Gasteiger partial charge in [-0.1, -0.05) is 0 Å². The zero-order valence-electron chi connectivity index (χ0n) is 6.71. The Balaban J connectivity index is 2.34. The quantitative estimate of drug-likeness (QED) is 0.655. The van der Waals surface area contributed by atoms with Gasteiger partial charge in [-0.25, -0.2) is 4.98 Å². The van der Waals surface area contributed by atoms with E-state index in [9.17, 15) is 0 Å². The van der Waals surface area contributed by atoms with Gasteiger partial charge in [-0.3, -0.25) is 0 Å². The van der Waals surface area contributed by atoms with Crippen LogP contribution < -0.4 is 5.73 Å². The molecule has 2 nitrogen and oxygen atoms in total. The standard InChI is InChI=1S/C9H10N2S/c1-9(2)4-3-6-7(5-9)12-8(10)11-6/h1-2H,3-5H2,(H2,10,11). The summed E-state index contributed by atoms with van der Waals surface area (Å²) in [6.45, 7) is 11.6. The molecule has 62 valence electrons. The van der Waals surface area contributed by atoms with Crippen LogP contribution in [-0.4, -0.2) is 4.98 Å². The van der Waals surface area contributed by atoms with Crippen LogP contribution in [-0.2, 0) is 12.8 Å². The smallest absolute Gasteiger partial charge is 0.180 e. The van der Waals surface area contributed by atoms with Gasteiger partial charge in [0.05, 0.1) is 5.69 Å².